The first-order chi connectivity index (χ1) is 8.72. The number of carbonyl (C=O) groups is 1. The highest BCUT2D eigenvalue weighted by molar-refractivity contribution is 9.10. The molecule has 2 aliphatic rings. The van der Waals surface area contributed by atoms with E-state index in [1.54, 1.807) is 0 Å². The van der Waals surface area contributed by atoms with Crippen LogP contribution in [0, 0.1) is 5.92 Å². The summed E-state index contributed by atoms with van der Waals surface area (Å²) in [5.41, 5.74) is 2.30. The lowest BCUT2D eigenvalue weighted by Crippen LogP contribution is -2.23. The SMILES string of the molecule is O=C(CC1CC1)NCc1cc(Br)cc2c1OCC2. The van der Waals surface area contributed by atoms with Crippen molar-refractivity contribution in [1.29, 1.82) is 0 Å². The van der Waals surface area contributed by atoms with Gasteiger partial charge in [0.1, 0.15) is 5.75 Å². The second-order valence-electron chi connectivity index (χ2n) is 5.08. The fraction of sp³-hybridized carbons (Fsp3) is 0.500. The highest BCUT2D eigenvalue weighted by Gasteiger charge is 2.24. The lowest BCUT2D eigenvalue weighted by molar-refractivity contribution is -0.121. The maximum absolute atomic E-state index is 11.7. The largest absolute Gasteiger partial charge is 0.493 e. The molecular weight excluding hydrogens is 294 g/mol. The maximum Gasteiger partial charge on any atom is 0.220 e. The second-order valence-corrected chi connectivity index (χ2v) is 5.99. The number of halogens is 1. The monoisotopic (exact) mass is 309 g/mol. The molecule has 1 amide bonds. The molecule has 1 N–H and O–H groups in total. The van der Waals surface area contributed by atoms with Gasteiger partial charge < -0.3 is 10.1 Å². The van der Waals surface area contributed by atoms with Crippen LogP contribution >= 0.6 is 15.9 Å². The van der Waals surface area contributed by atoms with E-state index in [1.807, 2.05) is 6.07 Å². The average molecular weight is 310 g/mol. The molecule has 0 unspecified atom stereocenters. The zero-order chi connectivity index (χ0) is 12.5. The second kappa shape index (κ2) is 4.92. The van der Waals surface area contributed by atoms with Crippen LogP contribution in [0.25, 0.3) is 0 Å². The Balaban J connectivity index is 1.66. The Kier molecular flexibility index (Phi) is 3.29. The minimum Gasteiger partial charge on any atom is -0.493 e. The van der Waals surface area contributed by atoms with Crippen LogP contribution in [0.1, 0.15) is 30.4 Å². The van der Waals surface area contributed by atoms with Gasteiger partial charge in [0, 0.05) is 29.4 Å². The maximum atomic E-state index is 11.7. The quantitative estimate of drug-likeness (QED) is 0.929. The van der Waals surface area contributed by atoms with E-state index in [0.717, 1.165) is 28.8 Å². The highest BCUT2D eigenvalue weighted by atomic mass is 79.9. The summed E-state index contributed by atoms with van der Waals surface area (Å²) in [5, 5.41) is 2.99. The number of carbonyl (C=O) groups excluding carboxylic acids is 1. The molecule has 0 bridgehead atoms. The number of amides is 1. The summed E-state index contributed by atoms with van der Waals surface area (Å²) >= 11 is 3.50. The van der Waals surface area contributed by atoms with Crippen molar-refractivity contribution in [3.8, 4) is 5.75 Å². The smallest absolute Gasteiger partial charge is 0.220 e. The Bertz CT molecular complexity index is 483. The van der Waals surface area contributed by atoms with Gasteiger partial charge in [-0.1, -0.05) is 15.9 Å². The molecule has 1 heterocycles. The summed E-state index contributed by atoms with van der Waals surface area (Å²) in [6.07, 6.45) is 4.06. The van der Waals surface area contributed by atoms with Crippen molar-refractivity contribution < 1.29 is 9.53 Å². The molecule has 1 fully saturated rings. The van der Waals surface area contributed by atoms with Crippen LogP contribution in [0.3, 0.4) is 0 Å². The topological polar surface area (TPSA) is 38.3 Å². The van der Waals surface area contributed by atoms with E-state index in [9.17, 15) is 4.79 Å². The molecule has 4 heteroatoms. The molecule has 0 saturated heterocycles. The van der Waals surface area contributed by atoms with Crippen molar-refractivity contribution in [2.45, 2.75) is 32.2 Å². The average Bonchev–Trinajstić information content (AvgIpc) is 3.01. The van der Waals surface area contributed by atoms with Crippen molar-refractivity contribution >= 4 is 21.8 Å². The van der Waals surface area contributed by atoms with E-state index in [-0.39, 0.29) is 5.91 Å². The number of hydrogen-bond donors (Lipinski definition) is 1. The molecule has 0 aromatic heterocycles. The minimum absolute atomic E-state index is 0.157. The molecule has 1 aliphatic heterocycles. The lowest BCUT2D eigenvalue weighted by Gasteiger charge is -2.10. The number of ether oxygens (including phenoxy) is 1. The molecule has 3 nitrogen and oxygen atoms in total. The predicted molar refractivity (Wildman–Crippen MR) is 72.5 cm³/mol. The Hall–Kier alpha value is -1.03. The zero-order valence-electron chi connectivity index (χ0n) is 10.2. The Morgan fingerprint density at radius 3 is 3.06 bits per heavy atom. The zero-order valence-corrected chi connectivity index (χ0v) is 11.8. The van der Waals surface area contributed by atoms with Crippen molar-refractivity contribution in [2.75, 3.05) is 6.61 Å². The van der Waals surface area contributed by atoms with Gasteiger partial charge in [0.15, 0.2) is 0 Å². The number of nitrogens with one attached hydrogen (secondary N) is 1. The number of hydrogen-bond acceptors (Lipinski definition) is 2. The summed E-state index contributed by atoms with van der Waals surface area (Å²) in [5.74, 6) is 1.75. The lowest BCUT2D eigenvalue weighted by atomic mass is 10.1. The van der Waals surface area contributed by atoms with E-state index < -0.39 is 0 Å². The van der Waals surface area contributed by atoms with E-state index in [4.69, 9.17) is 4.74 Å². The van der Waals surface area contributed by atoms with Gasteiger partial charge in [-0.2, -0.15) is 0 Å². The minimum atomic E-state index is 0.157. The fourth-order valence-electron chi connectivity index (χ4n) is 2.33. The molecule has 0 spiro atoms. The number of fused-ring (bicyclic) bond motifs is 1. The van der Waals surface area contributed by atoms with Gasteiger partial charge in [-0.25, -0.2) is 0 Å². The van der Waals surface area contributed by atoms with Crippen LogP contribution in [-0.2, 0) is 17.8 Å². The van der Waals surface area contributed by atoms with Crippen LogP contribution in [0.5, 0.6) is 5.75 Å². The van der Waals surface area contributed by atoms with E-state index >= 15 is 0 Å². The van der Waals surface area contributed by atoms with E-state index in [0.29, 0.717) is 18.9 Å². The van der Waals surface area contributed by atoms with Crippen LogP contribution in [0.2, 0.25) is 0 Å². The predicted octanol–water partition coefficient (Wildman–Crippen LogP) is 2.80. The van der Waals surface area contributed by atoms with Crippen molar-refractivity contribution in [1.82, 2.24) is 5.32 Å². The van der Waals surface area contributed by atoms with Crippen LogP contribution in [0.4, 0.5) is 0 Å². The van der Waals surface area contributed by atoms with Gasteiger partial charge in [-0.05, 0) is 36.5 Å². The molecule has 1 saturated carbocycles. The number of benzene rings is 1. The number of rotatable bonds is 4. The van der Waals surface area contributed by atoms with Gasteiger partial charge in [-0.3, -0.25) is 4.79 Å². The first-order valence-corrected chi connectivity index (χ1v) is 7.22. The van der Waals surface area contributed by atoms with Gasteiger partial charge in [0.05, 0.1) is 6.61 Å². The molecule has 96 valence electrons. The van der Waals surface area contributed by atoms with E-state index in [2.05, 4.69) is 27.3 Å². The highest BCUT2D eigenvalue weighted by Crippen LogP contribution is 2.34. The van der Waals surface area contributed by atoms with Gasteiger partial charge in [0.25, 0.3) is 0 Å². The van der Waals surface area contributed by atoms with Crippen molar-refractivity contribution in [3.05, 3.63) is 27.7 Å². The first kappa shape index (κ1) is 12.0. The summed E-state index contributed by atoms with van der Waals surface area (Å²) in [4.78, 5) is 11.7. The molecule has 1 aliphatic carbocycles. The normalized spacial score (nSPS) is 17.2. The summed E-state index contributed by atoms with van der Waals surface area (Å²) in [7, 11) is 0. The molecule has 0 radical (unpaired) electrons. The third kappa shape index (κ3) is 2.69. The molecule has 3 rings (SSSR count). The molecule has 1 aromatic rings. The van der Waals surface area contributed by atoms with E-state index in [1.165, 1.54) is 18.4 Å². The van der Waals surface area contributed by atoms with Crippen molar-refractivity contribution in [2.24, 2.45) is 5.92 Å². The summed E-state index contributed by atoms with van der Waals surface area (Å²) < 4.78 is 6.69. The molecule has 0 atom stereocenters. The van der Waals surface area contributed by atoms with Gasteiger partial charge in [0.2, 0.25) is 5.91 Å². The van der Waals surface area contributed by atoms with Crippen LogP contribution in [-0.4, -0.2) is 12.5 Å². The first-order valence-electron chi connectivity index (χ1n) is 6.43. The Labute approximate surface area is 115 Å². The third-order valence-electron chi connectivity index (χ3n) is 3.47. The Morgan fingerprint density at radius 2 is 2.28 bits per heavy atom. The fourth-order valence-corrected chi connectivity index (χ4v) is 2.88. The standard InChI is InChI=1S/C14H16BrNO2/c15-12-6-10-3-4-18-14(10)11(7-12)8-16-13(17)5-9-1-2-9/h6-7,9H,1-5,8H2,(H,16,17). The van der Waals surface area contributed by atoms with Crippen molar-refractivity contribution in [3.63, 3.8) is 0 Å². The van der Waals surface area contributed by atoms with Crippen LogP contribution < -0.4 is 10.1 Å². The Morgan fingerprint density at radius 1 is 1.44 bits per heavy atom. The van der Waals surface area contributed by atoms with Gasteiger partial charge >= 0.3 is 0 Å². The van der Waals surface area contributed by atoms with Gasteiger partial charge in [-0.15, -0.1) is 0 Å². The summed E-state index contributed by atoms with van der Waals surface area (Å²) in [6.45, 7) is 1.31. The molecule has 1 aromatic carbocycles. The molecule has 18 heavy (non-hydrogen) atoms. The van der Waals surface area contributed by atoms with Crippen LogP contribution in [0.15, 0.2) is 16.6 Å². The summed E-state index contributed by atoms with van der Waals surface area (Å²) in [6, 6.07) is 4.12. The third-order valence-corrected chi connectivity index (χ3v) is 3.93. The molecular formula is C14H16BrNO2.